The van der Waals surface area contributed by atoms with Gasteiger partial charge in [-0.25, -0.2) is 9.36 Å². The van der Waals surface area contributed by atoms with Gasteiger partial charge in [-0.2, -0.15) is 16.2 Å². The van der Waals surface area contributed by atoms with Gasteiger partial charge in [-0.05, 0) is 18.1 Å². The molecule has 2 fully saturated rings. The largest absolute Gasteiger partial charge is 0.472 e. The number of nitrogens with one attached hydrogen (secondary N) is 1. The smallest absolute Gasteiger partial charge is 0.390 e. The average molecular weight is 665 g/mol. The molecule has 1 aromatic heterocycles. The van der Waals surface area contributed by atoms with Crippen molar-refractivity contribution in [1.82, 2.24) is 9.55 Å². The number of halogens is 1. The molecule has 1 aromatic rings. The van der Waals surface area contributed by atoms with Crippen molar-refractivity contribution in [2.75, 3.05) is 24.7 Å². The summed E-state index contributed by atoms with van der Waals surface area (Å²) in [4.78, 5) is 34.9. The van der Waals surface area contributed by atoms with Crippen LogP contribution in [0.4, 0.5) is 4.39 Å². The van der Waals surface area contributed by atoms with Gasteiger partial charge in [-0.3, -0.25) is 23.4 Å². The standard InChI is InChI=1S/C31H54FN2O8PS/c32-26-23-34(31(37)33-30(26)36)29-22-27(35)28(42-29)24-41-43(38,39)40-19-21-44-20-15-10-8-6-4-2-1-3-5-7-9-12-16-25-17-13-11-14-18-25/h23,25,27-29,35H,1-22,24H2,(H,38,39)(H,33,36,37)/t27-,28+,29+/m0/s1. The van der Waals surface area contributed by atoms with Gasteiger partial charge in [0.15, 0.2) is 0 Å². The number of aromatic amines is 1. The van der Waals surface area contributed by atoms with Gasteiger partial charge in [0.25, 0.3) is 5.56 Å². The summed E-state index contributed by atoms with van der Waals surface area (Å²) in [5, 5.41) is 10.2. The van der Waals surface area contributed by atoms with E-state index in [9.17, 15) is 28.5 Å². The first kappa shape index (κ1) is 37.4. The lowest BCUT2D eigenvalue weighted by molar-refractivity contribution is -0.0465. The van der Waals surface area contributed by atoms with Crippen LogP contribution in [0.5, 0.6) is 0 Å². The van der Waals surface area contributed by atoms with E-state index in [1.165, 1.54) is 109 Å². The fourth-order valence-electron chi connectivity index (χ4n) is 6.11. The minimum absolute atomic E-state index is 0.0434. The van der Waals surface area contributed by atoms with E-state index in [0.717, 1.165) is 22.7 Å². The maximum absolute atomic E-state index is 13.6. The van der Waals surface area contributed by atoms with Crippen molar-refractivity contribution in [2.24, 2.45) is 5.92 Å². The first-order chi connectivity index (χ1) is 21.2. The molecule has 2 heterocycles. The molecule has 3 rings (SSSR count). The van der Waals surface area contributed by atoms with Crippen LogP contribution in [-0.4, -0.2) is 56.5 Å². The molecule has 0 amide bonds. The third kappa shape index (κ3) is 14.6. The molecule has 2 aliphatic rings. The van der Waals surface area contributed by atoms with Crippen LogP contribution >= 0.6 is 19.6 Å². The number of phosphoric ester groups is 1. The number of H-pyrrole nitrogens is 1. The molecule has 3 N–H and O–H groups in total. The van der Waals surface area contributed by atoms with Gasteiger partial charge in [-0.1, -0.05) is 109 Å². The Labute approximate surface area is 265 Å². The van der Waals surface area contributed by atoms with E-state index in [4.69, 9.17) is 13.8 Å². The topological polar surface area (TPSA) is 140 Å². The van der Waals surface area contributed by atoms with Crippen molar-refractivity contribution in [3.8, 4) is 0 Å². The minimum Gasteiger partial charge on any atom is -0.390 e. The summed E-state index contributed by atoms with van der Waals surface area (Å²) in [6.07, 6.45) is 22.1. The quantitative estimate of drug-likeness (QED) is 0.0847. The van der Waals surface area contributed by atoms with E-state index in [1.807, 2.05) is 4.98 Å². The number of nitrogens with zero attached hydrogens (tertiary/aromatic N) is 1. The van der Waals surface area contributed by atoms with Gasteiger partial charge >= 0.3 is 13.5 Å². The number of ether oxygens (including phenoxy) is 1. The number of hydrogen-bond donors (Lipinski definition) is 3. The molecule has 0 aromatic carbocycles. The predicted molar refractivity (Wildman–Crippen MR) is 171 cm³/mol. The van der Waals surface area contributed by atoms with Crippen LogP contribution in [0.15, 0.2) is 15.8 Å². The second kappa shape index (κ2) is 21.0. The molecule has 0 radical (unpaired) electrons. The number of aliphatic hydroxyl groups is 1. The van der Waals surface area contributed by atoms with E-state index in [1.54, 1.807) is 11.8 Å². The molecular weight excluding hydrogens is 610 g/mol. The summed E-state index contributed by atoms with van der Waals surface area (Å²) in [7, 11) is -4.36. The zero-order valence-electron chi connectivity index (χ0n) is 26.2. The first-order valence-electron chi connectivity index (χ1n) is 16.8. The van der Waals surface area contributed by atoms with Crippen LogP contribution in [0.2, 0.25) is 0 Å². The Kier molecular flexibility index (Phi) is 17.9. The Bertz CT molecular complexity index is 1100. The fourth-order valence-corrected chi connectivity index (χ4v) is 7.78. The highest BCUT2D eigenvalue weighted by molar-refractivity contribution is 7.99. The zero-order chi connectivity index (χ0) is 31.6. The van der Waals surface area contributed by atoms with Gasteiger partial charge < -0.3 is 14.7 Å². The van der Waals surface area contributed by atoms with Gasteiger partial charge in [0.1, 0.15) is 12.3 Å². The summed E-state index contributed by atoms with van der Waals surface area (Å²) in [5.74, 6) is 1.38. The van der Waals surface area contributed by atoms with Crippen LogP contribution in [0, 0.1) is 11.7 Å². The summed E-state index contributed by atoms with van der Waals surface area (Å²) >= 11 is 1.66. The lowest BCUT2D eigenvalue weighted by Crippen LogP contribution is -2.34. The van der Waals surface area contributed by atoms with Gasteiger partial charge in [0, 0.05) is 12.2 Å². The van der Waals surface area contributed by atoms with Gasteiger partial charge in [0.05, 0.1) is 25.5 Å². The molecule has 1 unspecified atom stereocenters. The molecule has 4 atom stereocenters. The Morgan fingerprint density at radius 3 is 2.20 bits per heavy atom. The van der Waals surface area contributed by atoms with E-state index in [-0.39, 0.29) is 13.0 Å². The number of aromatic nitrogens is 2. The van der Waals surface area contributed by atoms with Crippen molar-refractivity contribution >= 4 is 19.6 Å². The van der Waals surface area contributed by atoms with E-state index < -0.39 is 49.9 Å². The van der Waals surface area contributed by atoms with Gasteiger partial charge in [-0.15, -0.1) is 0 Å². The van der Waals surface area contributed by atoms with Crippen LogP contribution in [0.1, 0.15) is 128 Å². The van der Waals surface area contributed by atoms with Crippen molar-refractivity contribution in [2.45, 2.75) is 140 Å². The number of thioether (sulfide) groups is 1. The molecular formula is C31H54FN2O8PS. The Hall–Kier alpha value is -1.01. The van der Waals surface area contributed by atoms with Crippen LogP contribution in [0.3, 0.4) is 0 Å². The summed E-state index contributed by atoms with van der Waals surface area (Å²) in [5.41, 5.74) is -2.05. The van der Waals surface area contributed by atoms with Crippen molar-refractivity contribution in [1.29, 1.82) is 0 Å². The van der Waals surface area contributed by atoms with Crippen molar-refractivity contribution < 1.29 is 32.7 Å². The maximum Gasteiger partial charge on any atom is 0.472 e. The highest BCUT2D eigenvalue weighted by Crippen LogP contribution is 2.44. The summed E-state index contributed by atoms with van der Waals surface area (Å²) < 4.78 is 42.0. The Balaban J connectivity index is 1.09. The minimum atomic E-state index is -4.36. The molecule has 0 bridgehead atoms. The van der Waals surface area contributed by atoms with Gasteiger partial charge in [0.2, 0.25) is 5.82 Å². The van der Waals surface area contributed by atoms with Crippen molar-refractivity contribution in [3.63, 3.8) is 0 Å². The van der Waals surface area contributed by atoms with Crippen LogP contribution in [-0.2, 0) is 18.3 Å². The van der Waals surface area contributed by atoms with Crippen LogP contribution < -0.4 is 11.2 Å². The second-order valence-electron chi connectivity index (χ2n) is 12.3. The predicted octanol–water partition coefficient (Wildman–Crippen LogP) is 6.84. The monoisotopic (exact) mass is 664 g/mol. The third-order valence-electron chi connectivity index (χ3n) is 8.70. The molecule has 1 aliphatic heterocycles. The molecule has 10 nitrogen and oxygen atoms in total. The highest BCUT2D eigenvalue weighted by atomic mass is 32.2. The number of unbranched alkanes of at least 4 members (excludes halogenated alkanes) is 11. The molecule has 254 valence electrons. The average Bonchev–Trinajstić information content (AvgIpc) is 3.37. The number of aliphatic hydroxyl groups excluding tert-OH is 1. The molecule has 13 heteroatoms. The number of phosphoric acid groups is 1. The van der Waals surface area contributed by atoms with E-state index >= 15 is 0 Å². The van der Waals surface area contributed by atoms with E-state index in [2.05, 4.69) is 0 Å². The molecule has 1 aliphatic carbocycles. The molecule has 1 saturated heterocycles. The molecule has 0 spiro atoms. The first-order valence-corrected chi connectivity index (χ1v) is 19.4. The maximum atomic E-state index is 13.6. The van der Waals surface area contributed by atoms with E-state index in [0.29, 0.717) is 11.9 Å². The summed E-state index contributed by atoms with van der Waals surface area (Å²) in [6.45, 7) is -0.415. The lowest BCUT2D eigenvalue weighted by Gasteiger charge is -2.21. The normalized spacial score (nSPS) is 22.4. The SMILES string of the molecule is O=c1[nH]c(=O)n([C@H]2C[C@H](O)[C@@H](COP(=O)(O)OCCSCCCCCCCCCCCCCCC3CCCCC3)O2)cc1F. The molecule has 1 saturated carbocycles. The highest BCUT2D eigenvalue weighted by Gasteiger charge is 2.37. The zero-order valence-corrected chi connectivity index (χ0v) is 27.9. The lowest BCUT2D eigenvalue weighted by atomic mass is 9.85. The Morgan fingerprint density at radius 2 is 1.55 bits per heavy atom. The molecule has 44 heavy (non-hydrogen) atoms. The number of hydrogen-bond acceptors (Lipinski definition) is 8. The third-order valence-corrected chi connectivity index (χ3v) is 10.7. The summed E-state index contributed by atoms with van der Waals surface area (Å²) in [6, 6.07) is 0. The van der Waals surface area contributed by atoms with Crippen molar-refractivity contribution in [3.05, 3.63) is 32.9 Å². The van der Waals surface area contributed by atoms with Crippen LogP contribution in [0.25, 0.3) is 0 Å². The second-order valence-corrected chi connectivity index (χ2v) is 15.0. The Morgan fingerprint density at radius 1 is 0.932 bits per heavy atom. The number of rotatable bonds is 23. The fraction of sp³-hybridized carbons (Fsp3) is 0.871.